The molecule has 0 saturated carbocycles. The number of ether oxygens (including phenoxy) is 1. The molecule has 6 N–H and O–H groups in total. The van der Waals surface area contributed by atoms with Crippen molar-refractivity contribution in [1.29, 1.82) is 0 Å². The Morgan fingerprint density at radius 1 is 1.39 bits per heavy atom. The SMILES string of the molecule is NCC(O)CNC(=O)OCc1ccc(NO)cc1. The molecule has 0 aliphatic carbocycles. The van der Waals surface area contributed by atoms with E-state index in [0.717, 1.165) is 5.56 Å². The van der Waals surface area contributed by atoms with Gasteiger partial charge >= 0.3 is 6.09 Å². The van der Waals surface area contributed by atoms with Gasteiger partial charge in [0, 0.05) is 13.1 Å². The number of amides is 1. The van der Waals surface area contributed by atoms with Crippen LogP contribution in [0.3, 0.4) is 0 Å². The van der Waals surface area contributed by atoms with E-state index in [0.29, 0.717) is 5.69 Å². The number of hydrogen-bond donors (Lipinski definition) is 5. The third kappa shape index (κ3) is 5.00. The molecule has 0 fully saturated rings. The Balaban J connectivity index is 2.29. The molecule has 0 heterocycles. The molecule has 0 radical (unpaired) electrons. The fourth-order valence-corrected chi connectivity index (χ4v) is 1.16. The van der Waals surface area contributed by atoms with Crippen molar-refractivity contribution in [2.45, 2.75) is 12.7 Å². The van der Waals surface area contributed by atoms with E-state index in [9.17, 15) is 4.79 Å². The molecular formula is C11H17N3O4. The first-order valence-corrected chi connectivity index (χ1v) is 5.43. The van der Waals surface area contributed by atoms with Crippen LogP contribution in [-0.4, -0.2) is 35.6 Å². The first-order chi connectivity index (χ1) is 8.65. The first kappa shape index (κ1) is 14.2. The fraction of sp³-hybridized carbons (Fsp3) is 0.364. The van der Waals surface area contributed by atoms with Gasteiger partial charge in [0.05, 0.1) is 11.8 Å². The molecule has 100 valence electrons. The van der Waals surface area contributed by atoms with Crippen LogP contribution in [0.1, 0.15) is 5.56 Å². The molecule has 0 bridgehead atoms. The molecule has 1 aromatic rings. The lowest BCUT2D eigenvalue weighted by Crippen LogP contribution is -2.36. The summed E-state index contributed by atoms with van der Waals surface area (Å²) in [5.41, 5.74) is 8.51. The van der Waals surface area contributed by atoms with Crippen LogP contribution in [0.4, 0.5) is 10.5 Å². The van der Waals surface area contributed by atoms with E-state index in [1.807, 2.05) is 5.48 Å². The number of aliphatic hydroxyl groups excluding tert-OH is 1. The number of nitrogens with two attached hydrogens (primary N) is 1. The zero-order valence-corrected chi connectivity index (χ0v) is 9.80. The number of benzene rings is 1. The number of nitrogens with one attached hydrogen (secondary N) is 2. The van der Waals surface area contributed by atoms with Crippen molar-refractivity contribution in [2.75, 3.05) is 18.6 Å². The van der Waals surface area contributed by atoms with Gasteiger partial charge in [0.1, 0.15) is 6.61 Å². The van der Waals surface area contributed by atoms with Gasteiger partial charge in [-0.2, -0.15) is 0 Å². The monoisotopic (exact) mass is 255 g/mol. The average Bonchev–Trinajstić information content (AvgIpc) is 2.42. The highest BCUT2D eigenvalue weighted by Crippen LogP contribution is 2.09. The fourth-order valence-electron chi connectivity index (χ4n) is 1.16. The molecule has 0 aliphatic rings. The van der Waals surface area contributed by atoms with Gasteiger partial charge in [0.2, 0.25) is 0 Å². The predicted octanol–water partition coefficient (Wildman–Crippen LogP) is 0.0335. The minimum atomic E-state index is -0.771. The van der Waals surface area contributed by atoms with Crippen molar-refractivity contribution in [3.63, 3.8) is 0 Å². The van der Waals surface area contributed by atoms with E-state index < -0.39 is 12.2 Å². The highest BCUT2D eigenvalue weighted by Gasteiger charge is 2.06. The number of rotatable bonds is 6. The zero-order chi connectivity index (χ0) is 13.4. The van der Waals surface area contributed by atoms with E-state index in [1.54, 1.807) is 24.3 Å². The van der Waals surface area contributed by atoms with Gasteiger partial charge in [-0.3, -0.25) is 10.7 Å². The van der Waals surface area contributed by atoms with Crippen molar-refractivity contribution in [1.82, 2.24) is 5.32 Å². The Hall–Kier alpha value is -1.83. The van der Waals surface area contributed by atoms with Crippen LogP contribution >= 0.6 is 0 Å². The second-order valence-corrected chi connectivity index (χ2v) is 3.66. The highest BCUT2D eigenvalue weighted by atomic mass is 16.5. The smallest absolute Gasteiger partial charge is 0.407 e. The van der Waals surface area contributed by atoms with Gasteiger partial charge in [0.25, 0.3) is 0 Å². The molecular weight excluding hydrogens is 238 g/mol. The summed E-state index contributed by atoms with van der Waals surface area (Å²) in [6.45, 7) is 0.245. The summed E-state index contributed by atoms with van der Waals surface area (Å²) in [6, 6.07) is 6.71. The first-order valence-electron chi connectivity index (χ1n) is 5.43. The number of aliphatic hydroxyl groups is 1. The highest BCUT2D eigenvalue weighted by molar-refractivity contribution is 5.67. The molecule has 1 atom stereocenters. The van der Waals surface area contributed by atoms with Gasteiger partial charge in [-0.25, -0.2) is 4.79 Å². The predicted molar refractivity (Wildman–Crippen MR) is 65.1 cm³/mol. The van der Waals surface area contributed by atoms with E-state index in [2.05, 4.69) is 5.32 Å². The lowest BCUT2D eigenvalue weighted by Gasteiger charge is -2.10. The third-order valence-corrected chi connectivity index (χ3v) is 2.21. The molecule has 18 heavy (non-hydrogen) atoms. The summed E-state index contributed by atoms with van der Waals surface area (Å²) < 4.78 is 4.91. The van der Waals surface area contributed by atoms with Crippen LogP contribution in [-0.2, 0) is 11.3 Å². The third-order valence-electron chi connectivity index (χ3n) is 2.21. The zero-order valence-electron chi connectivity index (χ0n) is 9.80. The summed E-state index contributed by atoms with van der Waals surface area (Å²) >= 11 is 0. The van der Waals surface area contributed by atoms with Crippen molar-refractivity contribution < 1.29 is 19.8 Å². The standard InChI is InChI=1S/C11H17N3O4/c12-5-10(15)6-13-11(16)18-7-8-1-3-9(14-17)4-2-8/h1-4,10,14-15,17H,5-7,12H2,(H,13,16). The Bertz CT molecular complexity index is 369. The minimum Gasteiger partial charge on any atom is -0.445 e. The number of carbonyl (C=O) groups is 1. The topological polar surface area (TPSA) is 117 Å². The van der Waals surface area contributed by atoms with Crippen molar-refractivity contribution in [3.8, 4) is 0 Å². The molecule has 1 unspecified atom stereocenters. The van der Waals surface area contributed by atoms with Crippen molar-refractivity contribution in [2.24, 2.45) is 5.73 Å². The molecule has 0 spiro atoms. The van der Waals surface area contributed by atoms with Crippen LogP contribution in [0.25, 0.3) is 0 Å². The number of hydrogen-bond acceptors (Lipinski definition) is 6. The summed E-state index contributed by atoms with van der Waals surface area (Å²) in [4.78, 5) is 11.2. The van der Waals surface area contributed by atoms with Crippen LogP contribution in [0.5, 0.6) is 0 Å². The lowest BCUT2D eigenvalue weighted by molar-refractivity contribution is 0.127. The van der Waals surface area contributed by atoms with Gasteiger partial charge in [-0.15, -0.1) is 0 Å². The molecule has 1 aromatic carbocycles. The molecule has 1 rings (SSSR count). The summed E-state index contributed by atoms with van der Waals surface area (Å²) in [5.74, 6) is 0. The molecule has 7 nitrogen and oxygen atoms in total. The van der Waals surface area contributed by atoms with E-state index in [4.69, 9.17) is 20.8 Å². The van der Waals surface area contributed by atoms with Crippen molar-refractivity contribution >= 4 is 11.8 Å². The van der Waals surface area contributed by atoms with E-state index in [1.165, 1.54) is 0 Å². The van der Waals surface area contributed by atoms with Crippen LogP contribution in [0, 0.1) is 0 Å². The Morgan fingerprint density at radius 3 is 2.61 bits per heavy atom. The lowest BCUT2D eigenvalue weighted by atomic mass is 10.2. The molecule has 0 aromatic heterocycles. The van der Waals surface area contributed by atoms with Gasteiger partial charge in [-0.1, -0.05) is 12.1 Å². The molecule has 0 aliphatic heterocycles. The Morgan fingerprint density at radius 2 is 2.06 bits per heavy atom. The summed E-state index contributed by atoms with van der Waals surface area (Å²) in [5, 5.41) is 20.1. The van der Waals surface area contributed by atoms with Crippen LogP contribution in [0.15, 0.2) is 24.3 Å². The van der Waals surface area contributed by atoms with Crippen LogP contribution in [0.2, 0.25) is 0 Å². The Kier molecular flexibility index (Phi) is 5.92. The van der Waals surface area contributed by atoms with Gasteiger partial charge in [-0.05, 0) is 17.7 Å². The summed E-state index contributed by atoms with van der Waals surface area (Å²) in [7, 11) is 0. The maximum Gasteiger partial charge on any atom is 0.407 e. The number of carbonyl (C=O) groups excluding carboxylic acids is 1. The van der Waals surface area contributed by atoms with E-state index >= 15 is 0 Å². The normalized spacial score (nSPS) is 11.7. The second-order valence-electron chi connectivity index (χ2n) is 3.66. The minimum absolute atomic E-state index is 0.0582. The molecule has 7 heteroatoms. The van der Waals surface area contributed by atoms with Crippen molar-refractivity contribution in [3.05, 3.63) is 29.8 Å². The number of anilines is 1. The maximum absolute atomic E-state index is 11.2. The second kappa shape index (κ2) is 7.49. The van der Waals surface area contributed by atoms with E-state index in [-0.39, 0.29) is 19.7 Å². The number of alkyl carbamates (subject to hydrolysis) is 1. The maximum atomic E-state index is 11.2. The van der Waals surface area contributed by atoms with Crippen LogP contribution < -0.4 is 16.5 Å². The molecule has 0 saturated heterocycles. The largest absolute Gasteiger partial charge is 0.445 e. The molecule has 1 amide bonds. The quantitative estimate of drug-likeness (QED) is 0.458. The Labute approximate surface area is 105 Å². The average molecular weight is 255 g/mol. The van der Waals surface area contributed by atoms with Gasteiger partial charge < -0.3 is 20.9 Å². The van der Waals surface area contributed by atoms with Gasteiger partial charge in [0.15, 0.2) is 0 Å². The summed E-state index contributed by atoms with van der Waals surface area (Å²) in [6.07, 6.45) is -1.39.